The number of hydrogen-bond acceptors (Lipinski definition) is 3. The van der Waals surface area contributed by atoms with E-state index in [2.05, 4.69) is 15.9 Å². The van der Waals surface area contributed by atoms with Crippen LogP contribution in [0.4, 0.5) is 0 Å². The molecule has 96 valence electrons. The fourth-order valence-electron chi connectivity index (χ4n) is 1.44. The fourth-order valence-corrected chi connectivity index (χ4v) is 4.04. The van der Waals surface area contributed by atoms with Crippen LogP contribution in [0.15, 0.2) is 24.3 Å². The normalized spacial score (nSPS) is 13.6. The zero-order valence-corrected chi connectivity index (χ0v) is 12.8. The Morgan fingerprint density at radius 2 is 1.65 bits per heavy atom. The second-order valence-corrected chi connectivity index (χ2v) is 7.36. The zero-order chi connectivity index (χ0) is 12.9. The van der Waals surface area contributed by atoms with E-state index < -0.39 is 12.2 Å². The number of benzene rings is 1. The van der Waals surface area contributed by atoms with Crippen molar-refractivity contribution in [3.8, 4) is 0 Å². The maximum absolute atomic E-state index is 12.5. The van der Waals surface area contributed by atoms with E-state index >= 15 is 0 Å². The molecule has 1 atom stereocenters. The Balaban J connectivity index is 2.95. The van der Waals surface area contributed by atoms with E-state index in [0.717, 1.165) is 11.1 Å². The van der Waals surface area contributed by atoms with E-state index in [4.69, 9.17) is 9.05 Å². The number of hydrogen-bond donors (Lipinski definition) is 0. The van der Waals surface area contributed by atoms with E-state index in [1.54, 1.807) is 13.8 Å². The second-order valence-electron chi connectivity index (χ2n) is 3.62. The molecule has 0 saturated heterocycles. The third kappa shape index (κ3) is 3.92. The maximum atomic E-state index is 12.5. The van der Waals surface area contributed by atoms with Gasteiger partial charge in [-0.2, -0.15) is 0 Å². The van der Waals surface area contributed by atoms with Gasteiger partial charge in [0.1, 0.15) is 4.57 Å². The van der Waals surface area contributed by atoms with Gasteiger partial charge in [-0.3, -0.25) is 4.57 Å². The summed E-state index contributed by atoms with van der Waals surface area (Å²) in [5.41, 5.74) is 2.07. The highest BCUT2D eigenvalue weighted by molar-refractivity contribution is 9.10. The van der Waals surface area contributed by atoms with Crippen molar-refractivity contribution < 1.29 is 13.6 Å². The van der Waals surface area contributed by atoms with Gasteiger partial charge >= 0.3 is 7.60 Å². The first-order valence-corrected chi connectivity index (χ1v) is 8.15. The lowest BCUT2D eigenvalue weighted by Gasteiger charge is -2.22. The van der Waals surface area contributed by atoms with E-state index in [9.17, 15) is 4.57 Å². The molecule has 1 aromatic rings. The van der Waals surface area contributed by atoms with Gasteiger partial charge in [-0.25, -0.2) is 0 Å². The third-order valence-electron chi connectivity index (χ3n) is 2.25. The summed E-state index contributed by atoms with van der Waals surface area (Å²) < 4.78 is 22.7. The lowest BCUT2D eigenvalue weighted by Crippen LogP contribution is -2.01. The lowest BCUT2D eigenvalue weighted by atomic mass is 10.2. The van der Waals surface area contributed by atoms with Crippen LogP contribution in [0.2, 0.25) is 0 Å². The van der Waals surface area contributed by atoms with Crippen LogP contribution in [0.1, 0.15) is 29.5 Å². The standard InChI is InChI=1S/C12H18BrO3P/c1-4-15-17(14,16-5-2)12(13)11-8-6-10(3)7-9-11/h6-9,12H,4-5H2,1-3H3. The summed E-state index contributed by atoms with van der Waals surface area (Å²) in [7, 11) is -3.13. The Morgan fingerprint density at radius 1 is 1.18 bits per heavy atom. The number of halogens is 1. The topological polar surface area (TPSA) is 35.5 Å². The van der Waals surface area contributed by atoms with Crippen LogP contribution >= 0.6 is 23.5 Å². The zero-order valence-electron chi connectivity index (χ0n) is 10.4. The van der Waals surface area contributed by atoms with Crippen LogP contribution in [-0.2, 0) is 13.6 Å². The molecule has 0 aliphatic rings. The molecule has 0 aliphatic carbocycles. The smallest absolute Gasteiger partial charge is 0.308 e. The van der Waals surface area contributed by atoms with Crippen LogP contribution in [0.25, 0.3) is 0 Å². The molecular weight excluding hydrogens is 303 g/mol. The molecule has 0 aromatic heterocycles. The van der Waals surface area contributed by atoms with E-state index in [0.29, 0.717) is 13.2 Å². The molecule has 1 rings (SSSR count). The first-order valence-electron chi connectivity index (χ1n) is 5.63. The Hall–Kier alpha value is -0.150. The van der Waals surface area contributed by atoms with E-state index in [1.807, 2.05) is 31.2 Å². The van der Waals surface area contributed by atoms with Crippen molar-refractivity contribution in [1.29, 1.82) is 0 Å². The summed E-state index contributed by atoms with van der Waals surface area (Å²) in [6.45, 7) is 6.36. The maximum Gasteiger partial charge on any atom is 0.348 e. The van der Waals surface area contributed by atoms with Gasteiger partial charge in [0.2, 0.25) is 0 Å². The molecular formula is C12H18BrO3P. The quantitative estimate of drug-likeness (QED) is 0.565. The molecule has 0 saturated carbocycles. The van der Waals surface area contributed by atoms with E-state index in [-0.39, 0.29) is 0 Å². The van der Waals surface area contributed by atoms with Gasteiger partial charge < -0.3 is 9.05 Å². The molecule has 0 amide bonds. The second kappa shape index (κ2) is 6.69. The molecule has 17 heavy (non-hydrogen) atoms. The summed E-state index contributed by atoms with van der Waals surface area (Å²) >= 11 is 3.42. The van der Waals surface area contributed by atoms with Crippen LogP contribution < -0.4 is 0 Å². The number of rotatable bonds is 6. The molecule has 0 spiro atoms. The SMILES string of the molecule is CCOP(=O)(OCC)C(Br)c1ccc(C)cc1. The molecule has 0 radical (unpaired) electrons. The van der Waals surface area contributed by atoms with Gasteiger partial charge in [0, 0.05) is 0 Å². The molecule has 1 aromatic carbocycles. The largest absolute Gasteiger partial charge is 0.348 e. The van der Waals surface area contributed by atoms with Crippen molar-refractivity contribution in [2.75, 3.05) is 13.2 Å². The van der Waals surface area contributed by atoms with Crippen LogP contribution in [0.5, 0.6) is 0 Å². The molecule has 0 N–H and O–H groups in total. The van der Waals surface area contributed by atoms with E-state index in [1.165, 1.54) is 0 Å². The summed E-state index contributed by atoms with van der Waals surface area (Å²) in [5.74, 6) is 0. The van der Waals surface area contributed by atoms with Crippen molar-refractivity contribution in [2.24, 2.45) is 0 Å². The van der Waals surface area contributed by atoms with Gasteiger partial charge in [-0.15, -0.1) is 0 Å². The van der Waals surface area contributed by atoms with Gasteiger partial charge in [0.25, 0.3) is 0 Å². The molecule has 0 bridgehead atoms. The van der Waals surface area contributed by atoms with Crippen LogP contribution in [0.3, 0.4) is 0 Å². The van der Waals surface area contributed by atoms with Crippen LogP contribution in [0, 0.1) is 6.92 Å². The van der Waals surface area contributed by atoms with Crippen molar-refractivity contribution in [3.05, 3.63) is 35.4 Å². The Morgan fingerprint density at radius 3 is 2.06 bits per heavy atom. The van der Waals surface area contributed by atoms with Gasteiger partial charge in [-0.1, -0.05) is 45.8 Å². The van der Waals surface area contributed by atoms with Crippen molar-refractivity contribution in [1.82, 2.24) is 0 Å². The lowest BCUT2D eigenvalue weighted by molar-refractivity contribution is 0.219. The Bertz CT molecular complexity index is 381. The fraction of sp³-hybridized carbons (Fsp3) is 0.500. The third-order valence-corrected chi connectivity index (χ3v) is 6.37. The molecule has 5 heteroatoms. The summed E-state index contributed by atoms with van der Waals surface area (Å²) in [6.07, 6.45) is 0. The van der Waals surface area contributed by atoms with Gasteiger partial charge in [-0.05, 0) is 26.3 Å². The number of alkyl halides is 1. The highest BCUT2D eigenvalue weighted by Gasteiger charge is 2.34. The highest BCUT2D eigenvalue weighted by atomic mass is 79.9. The van der Waals surface area contributed by atoms with Gasteiger partial charge in [0.15, 0.2) is 0 Å². The first kappa shape index (κ1) is 14.9. The average Bonchev–Trinajstić information content (AvgIpc) is 2.30. The predicted molar refractivity (Wildman–Crippen MR) is 73.7 cm³/mol. The highest BCUT2D eigenvalue weighted by Crippen LogP contribution is 2.63. The molecule has 0 fully saturated rings. The van der Waals surface area contributed by atoms with Crippen molar-refractivity contribution >= 4 is 23.5 Å². The van der Waals surface area contributed by atoms with Gasteiger partial charge in [0.05, 0.1) is 13.2 Å². The Labute approximate surface area is 111 Å². The first-order chi connectivity index (χ1) is 8.03. The average molecular weight is 321 g/mol. The monoisotopic (exact) mass is 320 g/mol. The molecule has 1 unspecified atom stereocenters. The minimum absolute atomic E-state index is 0.366. The summed E-state index contributed by atoms with van der Waals surface area (Å²) in [4.78, 5) is 0. The molecule has 0 heterocycles. The number of aryl methyl sites for hydroxylation is 1. The van der Waals surface area contributed by atoms with Crippen molar-refractivity contribution in [3.63, 3.8) is 0 Å². The molecule has 0 aliphatic heterocycles. The summed E-state index contributed by atoms with van der Waals surface area (Å²) in [6, 6.07) is 7.82. The predicted octanol–water partition coefficient (Wildman–Crippen LogP) is 4.65. The minimum atomic E-state index is -3.13. The Kier molecular flexibility index (Phi) is 5.87. The molecule has 3 nitrogen and oxygen atoms in total. The van der Waals surface area contributed by atoms with Crippen LogP contribution in [-0.4, -0.2) is 13.2 Å². The summed E-state index contributed by atoms with van der Waals surface area (Å²) in [5, 5.41) is 0. The minimum Gasteiger partial charge on any atom is -0.308 e. The van der Waals surface area contributed by atoms with Crippen molar-refractivity contribution in [2.45, 2.75) is 25.3 Å².